The maximum Gasteiger partial charge on any atom is 0.0758 e. The number of halogens is 2. The number of rotatable bonds is 5. The second-order valence-corrected chi connectivity index (χ2v) is 8.17. The van der Waals surface area contributed by atoms with E-state index in [4.69, 9.17) is 0 Å². The molecular weight excluding hydrogens is 350 g/mol. The van der Waals surface area contributed by atoms with Gasteiger partial charge in [0, 0.05) is 6.04 Å². The average Bonchev–Trinajstić information content (AvgIpc) is 2.53. The van der Waals surface area contributed by atoms with Crippen LogP contribution in [0.25, 0.3) is 0 Å². The van der Waals surface area contributed by atoms with Gasteiger partial charge in [-0.25, -0.2) is 0 Å². The molecule has 1 nitrogen and oxygen atoms in total. The Morgan fingerprint density at radius 2 is 1.94 bits per heavy atom. The summed E-state index contributed by atoms with van der Waals surface area (Å²) in [6, 6.07) is 2.66. The summed E-state index contributed by atoms with van der Waals surface area (Å²) in [5.41, 5.74) is 1.37. The van der Waals surface area contributed by atoms with E-state index in [1.165, 1.54) is 13.1 Å². The van der Waals surface area contributed by atoms with Crippen molar-refractivity contribution in [3.05, 3.63) is 19.2 Å². The fourth-order valence-electron chi connectivity index (χ4n) is 1.75. The van der Waals surface area contributed by atoms with Crippen molar-refractivity contribution in [3.8, 4) is 0 Å². The highest BCUT2D eigenvalue weighted by atomic mass is 79.9. The normalized spacial score (nSPS) is 15.4. The molecule has 0 spiro atoms. The molecule has 16 heavy (non-hydrogen) atoms. The first kappa shape index (κ1) is 14.7. The predicted molar refractivity (Wildman–Crippen MR) is 80.1 cm³/mol. The van der Waals surface area contributed by atoms with E-state index in [1.54, 1.807) is 11.3 Å². The Labute approximate surface area is 119 Å². The summed E-state index contributed by atoms with van der Waals surface area (Å²) in [4.78, 5) is 0. The lowest BCUT2D eigenvalue weighted by Gasteiger charge is -2.27. The molecule has 1 N–H and O–H groups in total. The Bertz CT molecular complexity index is 336. The van der Waals surface area contributed by atoms with Crippen LogP contribution in [0.15, 0.2) is 13.6 Å². The highest BCUT2D eigenvalue weighted by molar-refractivity contribution is 9.12. The van der Waals surface area contributed by atoms with Crippen LogP contribution in [0.4, 0.5) is 0 Å². The molecule has 1 aromatic heterocycles. The molecule has 1 rings (SSSR count). The van der Waals surface area contributed by atoms with E-state index in [2.05, 4.69) is 70.9 Å². The van der Waals surface area contributed by atoms with Gasteiger partial charge in [-0.2, -0.15) is 0 Å². The molecule has 0 aliphatic heterocycles. The predicted octanol–water partition coefficient (Wildman–Crippen LogP) is 5.22. The lowest BCUT2D eigenvalue weighted by molar-refractivity contribution is 0.307. The van der Waals surface area contributed by atoms with Crippen LogP contribution >= 0.6 is 43.2 Å². The molecular formula is C12H19Br2NS. The van der Waals surface area contributed by atoms with E-state index in [1.807, 2.05) is 0 Å². The van der Waals surface area contributed by atoms with Crippen LogP contribution < -0.4 is 5.32 Å². The van der Waals surface area contributed by atoms with Gasteiger partial charge < -0.3 is 5.32 Å². The van der Waals surface area contributed by atoms with Crippen molar-refractivity contribution >= 4 is 43.2 Å². The molecule has 0 aromatic carbocycles. The molecule has 1 heterocycles. The third-order valence-electron chi connectivity index (χ3n) is 3.02. The molecule has 0 amide bonds. The molecule has 1 aromatic rings. The van der Waals surface area contributed by atoms with Crippen molar-refractivity contribution in [2.24, 2.45) is 11.8 Å². The van der Waals surface area contributed by atoms with Gasteiger partial charge in [-0.15, -0.1) is 11.3 Å². The molecule has 4 heteroatoms. The van der Waals surface area contributed by atoms with Crippen LogP contribution in [0.1, 0.15) is 39.3 Å². The summed E-state index contributed by atoms with van der Waals surface area (Å²) in [6.45, 7) is 10.0. The lowest BCUT2D eigenvalue weighted by atomic mass is 9.87. The minimum atomic E-state index is 0.432. The average molecular weight is 369 g/mol. The topological polar surface area (TPSA) is 12.0 Å². The highest BCUT2D eigenvalue weighted by Gasteiger charge is 2.24. The SMILES string of the molecule is CCNC(c1cc(Br)sc1Br)C(C)C(C)C. The number of nitrogens with one attached hydrogen (secondary N) is 1. The summed E-state index contributed by atoms with van der Waals surface area (Å²) in [5, 5.41) is 3.59. The Balaban J connectivity index is 2.97. The van der Waals surface area contributed by atoms with E-state index in [0.717, 1.165) is 6.54 Å². The van der Waals surface area contributed by atoms with Crippen LogP contribution in [0, 0.1) is 11.8 Å². The molecule has 0 fully saturated rings. The highest BCUT2D eigenvalue weighted by Crippen LogP contribution is 2.39. The minimum Gasteiger partial charge on any atom is -0.310 e. The molecule has 0 bridgehead atoms. The Morgan fingerprint density at radius 3 is 2.31 bits per heavy atom. The first-order valence-corrected chi connectivity index (χ1v) is 8.05. The van der Waals surface area contributed by atoms with Crippen LogP contribution in [-0.2, 0) is 0 Å². The van der Waals surface area contributed by atoms with Gasteiger partial charge in [-0.1, -0.05) is 27.7 Å². The fourth-order valence-corrected chi connectivity index (χ4v) is 4.68. The molecule has 0 saturated carbocycles. The van der Waals surface area contributed by atoms with Crippen LogP contribution in [0.3, 0.4) is 0 Å². The number of hydrogen-bond acceptors (Lipinski definition) is 2. The molecule has 0 aliphatic carbocycles. The fraction of sp³-hybridized carbons (Fsp3) is 0.667. The van der Waals surface area contributed by atoms with Crippen LogP contribution in [0.5, 0.6) is 0 Å². The maximum atomic E-state index is 3.65. The van der Waals surface area contributed by atoms with Crippen molar-refractivity contribution in [1.29, 1.82) is 0 Å². The van der Waals surface area contributed by atoms with E-state index < -0.39 is 0 Å². The Hall–Kier alpha value is 0.620. The van der Waals surface area contributed by atoms with Gasteiger partial charge in [0.05, 0.1) is 7.57 Å². The minimum absolute atomic E-state index is 0.432. The number of thiophene rings is 1. The zero-order valence-corrected chi connectivity index (χ0v) is 14.2. The van der Waals surface area contributed by atoms with Crippen molar-refractivity contribution < 1.29 is 0 Å². The maximum absolute atomic E-state index is 3.65. The monoisotopic (exact) mass is 367 g/mol. The zero-order valence-electron chi connectivity index (χ0n) is 10.2. The Morgan fingerprint density at radius 1 is 1.31 bits per heavy atom. The summed E-state index contributed by atoms with van der Waals surface area (Å²) in [7, 11) is 0. The molecule has 92 valence electrons. The van der Waals surface area contributed by atoms with Gasteiger partial charge in [0.1, 0.15) is 0 Å². The zero-order chi connectivity index (χ0) is 12.3. The molecule has 2 unspecified atom stereocenters. The van der Waals surface area contributed by atoms with Gasteiger partial charge in [-0.05, 0) is 61.9 Å². The lowest BCUT2D eigenvalue weighted by Crippen LogP contribution is -2.29. The summed E-state index contributed by atoms with van der Waals surface area (Å²) >= 11 is 8.95. The van der Waals surface area contributed by atoms with Crippen LogP contribution in [-0.4, -0.2) is 6.54 Å². The van der Waals surface area contributed by atoms with Gasteiger partial charge in [-0.3, -0.25) is 0 Å². The second kappa shape index (κ2) is 6.53. The summed E-state index contributed by atoms with van der Waals surface area (Å²) in [6.07, 6.45) is 0. The van der Waals surface area contributed by atoms with Gasteiger partial charge >= 0.3 is 0 Å². The smallest absolute Gasteiger partial charge is 0.0758 e. The number of hydrogen-bond donors (Lipinski definition) is 1. The quantitative estimate of drug-likeness (QED) is 0.751. The third kappa shape index (κ3) is 3.56. The summed E-state index contributed by atoms with van der Waals surface area (Å²) in [5.74, 6) is 1.30. The van der Waals surface area contributed by atoms with E-state index >= 15 is 0 Å². The largest absolute Gasteiger partial charge is 0.310 e. The standard InChI is InChI=1S/C12H19Br2NS/c1-5-15-11(8(4)7(2)3)9-6-10(13)16-12(9)14/h6-8,11,15H,5H2,1-4H3. The van der Waals surface area contributed by atoms with Crippen molar-refractivity contribution in [2.45, 2.75) is 33.7 Å². The molecule has 0 saturated heterocycles. The van der Waals surface area contributed by atoms with Gasteiger partial charge in [0.25, 0.3) is 0 Å². The molecule has 0 aliphatic rings. The van der Waals surface area contributed by atoms with Crippen LogP contribution in [0.2, 0.25) is 0 Å². The first-order chi connectivity index (χ1) is 7.47. The van der Waals surface area contributed by atoms with E-state index in [-0.39, 0.29) is 0 Å². The van der Waals surface area contributed by atoms with Gasteiger partial charge in [0.2, 0.25) is 0 Å². The third-order valence-corrected chi connectivity index (χ3v) is 5.41. The first-order valence-electron chi connectivity index (χ1n) is 5.65. The van der Waals surface area contributed by atoms with E-state index in [0.29, 0.717) is 17.9 Å². The molecule has 0 radical (unpaired) electrons. The molecule has 2 atom stereocenters. The summed E-state index contributed by atoms with van der Waals surface area (Å²) < 4.78 is 2.42. The second-order valence-electron chi connectivity index (χ2n) is 4.42. The van der Waals surface area contributed by atoms with Crippen molar-refractivity contribution in [3.63, 3.8) is 0 Å². The van der Waals surface area contributed by atoms with Crippen molar-refractivity contribution in [2.75, 3.05) is 6.54 Å². The van der Waals surface area contributed by atoms with Crippen molar-refractivity contribution in [1.82, 2.24) is 5.32 Å². The van der Waals surface area contributed by atoms with E-state index in [9.17, 15) is 0 Å². The van der Waals surface area contributed by atoms with Gasteiger partial charge in [0.15, 0.2) is 0 Å². The Kier molecular flexibility index (Phi) is 5.99.